The number of para-hydroxylation sites is 4. The molecule has 2 aromatic heterocycles. The lowest BCUT2D eigenvalue weighted by Crippen LogP contribution is -2.09. The zero-order chi connectivity index (χ0) is 33.5. The smallest absolute Gasteiger partial charge is 0.0462 e. The average Bonchev–Trinajstić information content (AvgIpc) is 3.87. The van der Waals surface area contributed by atoms with Crippen LogP contribution in [0.15, 0.2) is 194 Å². The van der Waals surface area contributed by atoms with Gasteiger partial charge in [0.25, 0.3) is 0 Å². The molecule has 0 aliphatic rings. The molecular formula is C46H34N2S2. The first-order valence-corrected chi connectivity index (χ1v) is 18.3. The van der Waals surface area contributed by atoms with Crippen molar-refractivity contribution in [2.24, 2.45) is 0 Å². The molecule has 0 unspecified atom stereocenters. The summed E-state index contributed by atoms with van der Waals surface area (Å²) in [4.78, 5) is 9.57. The van der Waals surface area contributed by atoms with Crippen molar-refractivity contribution in [3.05, 3.63) is 204 Å². The van der Waals surface area contributed by atoms with E-state index in [4.69, 9.17) is 0 Å². The second kappa shape index (κ2) is 14.7. The molecule has 8 rings (SSSR count). The Bertz CT molecular complexity index is 2040. The zero-order valence-electron chi connectivity index (χ0n) is 27.3. The first-order chi connectivity index (χ1) is 24.8. The van der Waals surface area contributed by atoms with Crippen LogP contribution in [0.3, 0.4) is 0 Å². The molecule has 240 valence electrons. The van der Waals surface area contributed by atoms with Gasteiger partial charge in [0.05, 0.1) is 0 Å². The fourth-order valence-corrected chi connectivity index (χ4v) is 7.94. The van der Waals surface area contributed by atoms with Crippen LogP contribution in [0.4, 0.5) is 34.1 Å². The highest BCUT2D eigenvalue weighted by atomic mass is 32.1. The third-order valence-electron chi connectivity index (χ3n) is 8.54. The van der Waals surface area contributed by atoms with Gasteiger partial charge in [-0.3, -0.25) is 0 Å². The molecule has 8 aromatic rings. The Morgan fingerprint density at radius 1 is 0.280 bits per heavy atom. The van der Waals surface area contributed by atoms with Gasteiger partial charge >= 0.3 is 0 Å². The second-order valence-electron chi connectivity index (χ2n) is 11.8. The molecule has 0 N–H and O–H groups in total. The largest absolute Gasteiger partial charge is 0.311 e. The quantitative estimate of drug-likeness (QED) is 0.142. The third-order valence-corrected chi connectivity index (χ3v) is 10.7. The van der Waals surface area contributed by atoms with Gasteiger partial charge in [0.15, 0.2) is 0 Å². The number of rotatable bonds is 10. The van der Waals surface area contributed by atoms with E-state index in [1.807, 2.05) is 22.7 Å². The van der Waals surface area contributed by atoms with Gasteiger partial charge in [-0.15, -0.1) is 22.7 Å². The molecule has 0 aliphatic carbocycles. The van der Waals surface area contributed by atoms with E-state index >= 15 is 0 Å². The predicted octanol–water partition coefficient (Wildman–Crippen LogP) is 14.3. The van der Waals surface area contributed by atoms with Gasteiger partial charge in [-0.25, -0.2) is 0 Å². The van der Waals surface area contributed by atoms with E-state index in [0.29, 0.717) is 0 Å². The Morgan fingerprint density at radius 3 is 0.860 bits per heavy atom. The highest BCUT2D eigenvalue weighted by molar-refractivity contribution is 7.17. The van der Waals surface area contributed by atoms with Gasteiger partial charge in [0.2, 0.25) is 0 Å². The van der Waals surface area contributed by atoms with Crippen molar-refractivity contribution in [2.45, 2.75) is 0 Å². The topological polar surface area (TPSA) is 6.48 Å². The van der Waals surface area contributed by atoms with E-state index in [0.717, 1.165) is 34.1 Å². The first kappa shape index (κ1) is 31.3. The molecule has 6 aromatic carbocycles. The van der Waals surface area contributed by atoms with Crippen LogP contribution in [0.1, 0.15) is 9.75 Å². The normalized spacial score (nSPS) is 11.1. The van der Waals surface area contributed by atoms with Crippen molar-refractivity contribution >= 4 is 68.9 Å². The summed E-state index contributed by atoms with van der Waals surface area (Å²) in [6, 6.07) is 68.7. The van der Waals surface area contributed by atoms with E-state index in [2.05, 4.69) is 216 Å². The SMILES string of the molecule is C(=C\c1ccc(-c2ccc(N(c3ccccc3)c3ccccc3)cc2)s1)/c1ccc(-c2ccc(N(c3ccccc3)c3ccccc3)cc2)s1. The molecule has 0 atom stereocenters. The molecule has 0 aliphatic heterocycles. The number of anilines is 6. The fraction of sp³-hybridized carbons (Fsp3) is 0. The molecule has 0 spiro atoms. The van der Waals surface area contributed by atoms with Gasteiger partial charge in [0, 0.05) is 53.6 Å². The molecule has 2 nitrogen and oxygen atoms in total. The standard InChI is InChI=1S/C46H34N2S2/c1-5-13-37(14-6-1)47(38-15-7-2-8-16-38)41-25-21-35(22-26-41)45-33-31-43(49-45)29-30-44-32-34-46(50-44)36-23-27-42(28-24-36)48(39-17-9-3-10-18-39)40-19-11-4-12-20-40/h1-34H/b30-29+. The molecule has 0 saturated heterocycles. The molecule has 0 amide bonds. The van der Waals surface area contributed by atoms with Crippen LogP contribution in [0, 0.1) is 0 Å². The molecule has 0 saturated carbocycles. The van der Waals surface area contributed by atoms with Gasteiger partial charge in [-0.05, 0) is 120 Å². The lowest BCUT2D eigenvalue weighted by atomic mass is 10.1. The van der Waals surface area contributed by atoms with E-state index in [1.54, 1.807) is 0 Å². The Balaban J connectivity index is 0.966. The number of hydrogen-bond acceptors (Lipinski definition) is 4. The van der Waals surface area contributed by atoms with Crippen molar-refractivity contribution < 1.29 is 0 Å². The van der Waals surface area contributed by atoms with Crippen molar-refractivity contribution in [3.63, 3.8) is 0 Å². The van der Waals surface area contributed by atoms with Crippen molar-refractivity contribution in [3.8, 4) is 20.9 Å². The van der Waals surface area contributed by atoms with Crippen molar-refractivity contribution in [1.29, 1.82) is 0 Å². The Hall–Kier alpha value is -5.94. The molecule has 2 heterocycles. The number of benzene rings is 6. The highest BCUT2D eigenvalue weighted by Gasteiger charge is 2.14. The summed E-state index contributed by atoms with van der Waals surface area (Å²) >= 11 is 3.63. The van der Waals surface area contributed by atoms with Crippen LogP contribution in [-0.4, -0.2) is 0 Å². The molecule has 0 radical (unpaired) electrons. The summed E-state index contributed by atoms with van der Waals surface area (Å²) in [6.07, 6.45) is 4.46. The highest BCUT2D eigenvalue weighted by Crippen LogP contribution is 2.38. The molecule has 0 bridgehead atoms. The minimum atomic E-state index is 1.13. The maximum absolute atomic E-state index is 2.29. The number of thiophene rings is 2. The molecule has 0 fully saturated rings. The average molecular weight is 679 g/mol. The van der Waals surface area contributed by atoms with Crippen LogP contribution in [-0.2, 0) is 0 Å². The maximum atomic E-state index is 2.29. The monoisotopic (exact) mass is 678 g/mol. The summed E-state index contributed by atoms with van der Waals surface area (Å²) in [6.45, 7) is 0. The van der Waals surface area contributed by atoms with E-state index in [-0.39, 0.29) is 0 Å². The lowest BCUT2D eigenvalue weighted by Gasteiger charge is -2.25. The van der Waals surface area contributed by atoms with E-state index < -0.39 is 0 Å². The van der Waals surface area contributed by atoms with Crippen molar-refractivity contribution in [2.75, 3.05) is 9.80 Å². The third kappa shape index (κ3) is 6.94. The van der Waals surface area contributed by atoms with Gasteiger partial charge in [-0.2, -0.15) is 0 Å². The van der Waals surface area contributed by atoms with Gasteiger partial charge < -0.3 is 9.80 Å². The molecule has 4 heteroatoms. The second-order valence-corrected chi connectivity index (χ2v) is 14.1. The fourth-order valence-electron chi connectivity index (χ4n) is 6.11. The van der Waals surface area contributed by atoms with Crippen LogP contribution in [0.5, 0.6) is 0 Å². The summed E-state index contributed by atoms with van der Waals surface area (Å²) in [5.41, 5.74) is 9.27. The number of nitrogens with zero attached hydrogens (tertiary/aromatic N) is 2. The Morgan fingerprint density at radius 2 is 0.560 bits per heavy atom. The van der Waals surface area contributed by atoms with Crippen LogP contribution >= 0.6 is 22.7 Å². The minimum absolute atomic E-state index is 1.13. The van der Waals surface area contributed by atoms with Crippen LogP contribution < -0.4 is 9.80 Å². The number of hydrogen-bond donors (Lipinski definition) is 0. The Kier molecular flexibility index (Phi) is 9.19. The zero-order valence-corrected chi connectivity index (χ0v) is 29.0. The van der Waals surface area contributed by atoms with Crippen LogP contribution in [0.25, 0.3) is 33.0 Å². The molecular weight excluding hydrogens is 645 g/mol. The van der Waals surface area contributed by atoms with Crippen LogP contribution in [0.2, 0.25) is 0 Å². The lowest BCUT2D eigenvalue weighted by molar-refractivity contribution is 1.28. The maximum Gasteiger partial charge on any atom is 0.0462 e. The predicted molar refractivity (Wildman–Crippen MR) is 218 cm³/mol. The summed E-state index contributed by atoms with van der Waals surface area (Å²) in [5.74, 6) is 0. The minimum Gasteiger partial charge on any atom is -0.311 e. The summed E-state index contributed by atoms with van der Waals surface area (Å²) in [5, 5.41) is 0. The molecule has 50 heavy (non-hydrogen) atoms. The Labute approximate surface area is 302 Å². The van der Waals surface area contributed by atoms with E-state index in [1.165, 1.54) is 30.6 Å². The van der Waals surface area contributed by atoms with Crippen molar-refractivity contribution in [1.82, 2.24) is 0 Å². The van der Waals surface area contributed by atoms with E-state index in [9.17, 15) is 0 Å². The van der Waals surface area contributed by atoms with Gasteiger partial charge in [-0.1, -0.05) is 97.1 Å². The summed E-state index contributed by atoms with van der Waals surface area (Å²) in [7, 11) is 0. The first-order valence-electron chi connectivity index (χ1n) is 16.7. The van der Waals surface area contributed by atoms with Gasteiger partial charge in [0.1, 0.15) is 0 Å². The summed E-state index contributed by atoms with van der Waals surface area (Å²) < 4.78 is 0.